The van der Waals surface area contributed by atoms with Crippen molar-refractivity contribution in [2.75, 3.05) is 18.5 Å². The van der Waals surface area contributed by atoms with Crippen molar-refractivity contribution in [3.8, 4) is 10.6 Å². The summed E-state index contributed by atoms with van der Waals surface area (Å²) >= 11 is 1.30. The highest BCUT2D eigenvalue weighted by Crippen LogP contribution is 2.41. The summed E-state index contributed by atoms with van der Waals surface area (Å²) in [5, 5.41) is 23.8. The molecule has 0 radical (unpaired) electrons. The Morgan fingerprint density at radius 2 is 2.00 bits per heavy atom. The Hall–Kier alpha value is -3.09. The van der Waals surface area contributed by atoms with Gasteiger partial charge in [-0.2, -0.15) is 13.2 Å². The lowest BCUT2D eigenvalue weighted by molar-refractivity contribution is -0.151. The van der Waals surface area contributed by atoms with Gasteiger partial charge in [0.2, 0.25) is 0 Å². The molecule has 8 nitrogen and oxygen atoms in total. The van der Waals surface area contributed by atoms with Crippen molar-refractivity contribution in [3.05, 3.63) is 52.8 Å². The maximum atomic E-state index is 13.1. The van der Waals surface area contributed by atoms with Gasteiger partial charge in [0.1, 0.15) is 28.9 Å². The number of pyridine rings is 2. The summed E-state index contributed by atoms with van der Waals surface area (Å²) in [5.74, 6) is -0.354. The fourth-order valence-electron chi connectivity index (χ4n) is 4.48. The third-order valence-electron chi connectivity index (χ3n) is 6.44. The van der Waals surface area contributed by atoms with E-state index in [0.717, 1.165) is 36.7 Å². The lowest BCUT2D eigenvalue weighted by atomic mass is 9.83. The number of aliphatic hydroxyl groups is 2. The lowest BCUT2D eigenvalue weighted by Crippen LogP contribution is -2.30. The van der Waals surface area contributed by atoms with Gasteiger partial charge >= 0.3 is 12.1 Å². The van der Waals surface area contributed by atoms with E-state index in [1.165, 1.54) is 11.3 Å². The predicted octanol–water partition coefficient (Wildman–Crippen LogP) is 5.36. The third-order valence-corrected chi connectivity index (χ3v) is 7.65. The Morgan fingerprint density at radius 3 is 2.76 bits per heavy atom. The Balaban J connectivity index is 1.52. The number of hydrogen-bond donors (Lipinski definition) is 3. The number of carbonyl (C=O) groups is 1. The molecular weight excluding hydrogens is 521 g/mol. The number of hydrogen-bond acceptors (Lipinski definition) is 9. The number of nitrogens with zero attached hydrogens (tertiary/aromatic N) is 3. The summed E-state index contributed by atoms with van der Waals surface area (Å²) in [6.45, 7) is 1.57. The molecule has 1 fully saturated rings. The van der Waals surface area contributed by atoms with Gasteiger partial charge in [-0.25, -0.2) is 15.0 Å². The number of anilines is 2. The van der Waals surface area contributed by atoms with Crippen LogP contribution in [0.4, 0.5) is 24.8 Å². The Bertz CT molecular complexity index is 1270. The van der Waals surface area contributed by atoms with Gasteiger partial charge in [-0.15, -0.1) is 11.3 Å². The highest BCUT2D eigenvalue weighted by molar-refractivity contribution is 7.15. The summed E-state index contributed by atoms with van der Waals surface area (Å²) in [6.07, 6.45) is 1.67. The van der Waals surface area contributed by atoms with Crippen molar-refractivity contribution in [1.29, 1.82) is 0 Å². The van der Waals surface area contributed by atoms with Crippen LogP contribution in [0.2, 0.25) is 0 Å². The van der Waals surface area contributed by atoms with Gasteiger partial charge in [-0.3, -0.25) is 4.79 Å². The van der Waals surface area contributed by atoms with E-state index in [4.69, 9.17) is 9.84 Å². The van der Waals surface area contributed by atoms with Crippen molar-refractivity contribution < 1.29 is 32.9 Å². The number of alkyl halides is 3. The van der Waals surface area contributed by atoms with E-state index in [9.17, 15) is 23.1 Å². The Kier molecular flexibility index (Phi) is 8.64. The molecule has 0 spiro atoms. The first kappa shape index (κ1) is 27.9. The average molecular weight is 551 g/mol. The molecule has 12 heteroatoms. The van der Waals surface area contributed by atoms with Crippen molar-refractivity contribution in [2.45, 2.75) is 57.2 Å². The van der Waals surface area contributed by atoms with E-state index in [0.29, 0.717) is 47.1 Å². The van der Waals surface area contributed by atoms with Gasteiger partial charge in [0.05, 0.1) is 28.7 Å². The van der Waals surface area contributed by atoms with E-state index >= 15 is 0 Å². The van der Waals surface area contributed by atoms with Crippen LogP contribution in [-0.4, -0.2) is 44.3 Å². The molecule has 3 N–H and O–H groups in total. The molecule has 2 atom stereocenters. The number of aryl methyl sites for hydroxylation is 1. The zero-order chi connectivity index (χ0) is 27.3. The normalized spacial score (nSPS) is 20.4. The molecule has 0 amide bonds. The number of aromatic nitrogens is 3. The number of aliphatic hydroxyl groups excluding tert-OH is 1. The van der Waals surface area contributed by atoms with Crippen molar-refractivity contribution >= 4 is 28.9 Å². The lowest BCUT2D eigenvalue weighted by Gasteiger charge is -2.30. The second-order valence-electron chi connectivity index (χ2n) is 9.40. The van der Waals surface area contributed by atoms with Crippen molar-refractivity contribution in [2.24, 2.45) is 5.92 Å². The number of carbonyl (C=O) groups excluding carboxylic acids is 1. The SMILES string of the molecule is Cc1cc(Nc2cc(C(F)(F)F)ccn2)nc(-c2cnc(C3(O)CCCCC(C(=O)OCCO)CC3)s2)c1. The third kappa shape index (κ3) is 6.86. The second kappa shape index (κ2) is 11.7. The monoisotopic (exact) mass is 550 g/mol. The topological polar surface area (TPSA) is 117 Å². The summed E-state index contributed by atoms with van der Waals surface area (Å²) < 4.78 is 44.3. The molecule has 0 bridgehead atoms. The van der Waals surface area contributed by atoms with Gasteiger partial charge in [0, 0.05) is 12.4 Å². The highest BCUT2D eigenvalue weighted by atomic mass is 32.1. The van der Waals surface area contributed by atoms with Gasteiger partial charge in [-0.05, 0) is 62.4 Å². The van der Waals surface area contributed by atoms with Crippen LogP contribution in [-0.2, 0) is 21.3 Å². The molecular formula is C26H29F3N4O4S. The largest absolute Gasteiger partial charge is 0.463 e. The molecule has 38 heavy (non-hydrogen) atoms. The number of thiazole rings is 1. The number of halogens is 3. The zero-order valence-electron chi connectivity index (χ0n) is 20.8. The second-order valence-corrected chi connectivity index (χ2v) is 10.4. The molecule has 1 aliphatic carbocycles. The van der Waals surface area contributed by atoms with E-state index in [1.54, 1.807) is 12.3 Å². The molecule has 1 saturated carbocycles. The van der Waals surface area contributed by atoms with Crippen LogP contribution < -0.4 is 5.32 Å². The first-order valence-corrected chi connectivity index (χ1v) is 13.1. The molecule has 0 saturated heterocycles. The van der Waals surface area contributed by atoms with Gasteiger partial charge in [0.25, 0.3) is 0 Å². The quantitative estimate of drug-likeness (QED) is 0.337. The number of rotatable bonds is 7. The first-order chi connectivity index (χ1) is 18.1. The minimum absolute atomic E-state index is 0.0183. The first-order valence-electron chi connectivity index (χ1n) is 12.3. The molecule has 3 aromatic rings. The number of esters is 1. The maximum absolute atomic E-state index is 13.1. The van der Waals surface area contributed by atoms with Crippen LogP contribution in [0.25, 0.3) is 10.6 Å². The van der Waals surface area contributed by atoms with Crippen LogP contribution in [0.1, 0.15) is 54.7 Å². The minimum Gasteiger partial charge on any atom is -0.463 e. The molecule has 3 heterocycles. The average Bonchev–Trinajstić information content (AvgIpc) is 3.36. The van der Waals surface area contributed by atoms with E-state index in [-0.39, 0.29) is 30.9 Å². The molecule has 204 valence electrons. The summed E-state index contributed by atoms with van der Waals surface area (Å²) in [5.41, 5.74) is -0.631. The van der Waals surface area contributed by atoms with Crippen LogP contribution in [0, 0.1) is 12.8 Å². The molecule has 1 aliphatic rings. The van der Waals surface area contributed by atoms with Crippen molar-refractivity contribution in [1.82, 2.24) is 15.0 Å². The minimum atomic E-state index is -4.49. The predicted molar refractivity (Wildman–Crippen MR) is 136 cm³/mol. The smallest absolute Gasteiger partial charge is 0.416 e. The summed E-state index contributed by atoms with van der Waals surface area (Å²) in [7, 11) is 0. The van der Waals surface area contributed by atoms with Crippen LogP contribution in [0.15, 0.2) is 36.7 Å². The Morgan fingerprint density at radius 1 is 1.18 bits per heavy atom. The van der Waals surface area contributed by atoms with E-state index < -0.39 is 17.3 Å². The van der Waals surface area contributed by atoms with Crippen LogP contribution in [0.3, 0.4) is 0 Å². The molecule has 0 aliphatic heterocycles. The fraction of sp³-hybridized carbons (Fsp3) is 0.462. The van der Waals surface area contributed by atoms with Crippen LogP contribution >= 0.6 is 11.3 Å². The zero-order valence-corrected chi connectivity index (χ0v) is 21.6. The Labute approximate surface area is 221 Å². The number of nitrogens with one attached hydrogen (secondary N) is 1. The van der Waals surface area contributed by atoms with Crippen molar-refractivity contribution in [3.63, 3.8) is 0 Å². The summed E-state index contributed by atoms with van der Waals surface area (Å²) in [6, 6.07) is 5.36. The van der Waals surface area contributed by atoms with Gasteiger partial charge in [-0.1, -0.05) is 12.8 Å². The van der Waals surface area contributed by atoms with E-state index in [2.05, 4.69) is 20.3 Å². The summed E-state index contributed by atoms with van der Waals surface area (Å²) in [4.78, 5) is 26.0. The molecule has 3 aromatic heterocycles. The maximum Gasteiger partial charge on any atom is 0.416 e. The fourth-order valence-corrected chi connectivity index (χ4v) is 5.50. The van der Waals surface area contributed by atoms with Gasteiger partial charge < -0.3 is 20.3 Å². The van der Waals surface area contributed by atoms with E-state index in [1.807, 2.05) is 13.0 Å². The standard InChI is InChI=1S/C26H29F3N4O4S/c1-16-12-19(32-22(13-16)33-21-14-18(6-9-30-21)26(27,28)29)20-15-31-24(38-20)25(36)7-3-2-4-17(5-8-25)23(35)37-11-10-34/h6,9,12-15,17,34,36H,2-5,7-8,10-11H2,1H3,(H,30,32,33). The molecule has 4 rings (SSSR count). The van der Waals surface area contributed by atoms with Gasteiger partial charge in [0.15, 0.2) is 0 Å². The highest BCUT2D eigenvalue weighted by Gasteiger charge is 2.36. The van der Waals surface area contributed by atoms with Crippen LogP contribution in [0.5, 0.6) is 0 Å². The molecule has 2 unspecified atom stereocenters. The molecule has 0 aromatic carbocycles. The number of ether oxygens (including phenoxy) is 1.